The van der Waals surface area contributed by atoms with Gasteiger partial charge >= 0.3 is 0 Å². The van der Waals surface area contributed by atoms with E-state index in [2.05, 4.69) is 15.6 Å². The second-order valence-electron chi connectivity index (χ2n) is 12.2. The van der Waals surface area contributed by atoms with Gasteiger partial charge in [0.1, 0.15) is 17.0 Å². The Morgan fingerprint density at radius 1 is 0.780 bits per heavy atom. The van der Waals surface area contributed by atoms with Crippen LogP contribution in [0.25, 0.3) is 10.9 Å². The van der Waals surface area contributed by atoms with Crippen molar-refractivity contribution in [3.05, 3.63) is 78.5 Å². The Hall–Kier alpha value is -4.71. The molecular weight excluding hydrogens is 664 g/mol. The van der Waals surface area contributed by atoms with E-state index in [1.807, 2.05) is 0 Å². The molecule has 1 saturated carbocycles. The average Bonchev–Trinajstić information content (AvgIpc) is 3.92. The third-order valence-corrected chi connectivity index (χ3v) is 9.37. The van der Waals surface area contributed by atoms with Crippen molar-refractivity contribution in [3.8, 4) is 23.0 Å². The molecule has 0 unspecified atom stereocenters. The molecule has 0 radical (unpaired) electrons. The number of thioether (sulfide) groups is 1. The van der Waals surface area contributed by atoms with Gasteiger partial charge in [0, 0.05) is 47.8 Å². The second-order valence-corrected chi connectivity index (χ2v) is 13.5. The Morgan fingerprint density at radius 2 is 1.44 bits per heavy atom. The number of benzene rings is 3. The Morgan fingerprint density at radius 3 is 2.10 bits per heavy atom. The van der Waals surface area contributed by atoms with Crippen LogP contribution in [-0.4, -0.2) is 41.4 Å². The number of halogens is 2. The first kappa shape index (κ1) is 36.6. The maximum absolute atomic E-state index is 15.3. The molecular formula is C38H41F2N3O6S. The maximum atomic E-state index is 15.3. The van der Waals surface area contributed by atoms with E-state index in [-0.39, 0.29) is 16.6 Å². The number of nitrogens with zero attached hydrogens (tertiary/aromatic N) is 1. The quantitative estimate of drug-likeness (QED) is 0.0779. The molecule has 12 heteroatoms. The van der Waals surface area contributed by atoms with Crippen molar-refractivity contribution < 1.29 is 37.4 Å². The van der Waals surface area contributed by atoms with Crippen molar-refractivity contribution in [1.82, 2.24) is 4.98 Å². The Labute approximate surface area is 294 Å². The topological polar surface area (TPSA) is 116 Å². The minimum atomic E-state index is -1.28. The number of methoxy groups -OCH3 is 1. The molecule has 3 aromatic carbocycles. The number of amides is 2. The van der Waals surface area contributed by atoms with Crippen molar-refractivity contribution in [3.63, 3.8) is 0 Å². The predicted octanol–water partition coefficient (Wildman–Crippen LogP) is 9.06. The van der Waals surface area contributed by atoms with Crippen LogP contribution in [0.5, 0.6) is 23.0 Å². The highest BCUT2D eigenvalue weighted by molar-refractivity contribution is 8.13. The lowest BCUT2D eigenvalue weighted by Gasteiger charge is -2.16. The standard InChI is InChI=1S/C38H41F2N3O6S/c1-25(44)50-21-9-7-5-3-4-6-8-20-48-35-24-31-29(23-34(35)47-2)32(16-19-41-31)49-33-15-14-28(22-30(33)40)43-37(46)38(17-18-38)36(45)42-27-12-10-26(39)11-13-27/h10-16,19,22-24H,3-9,17-18,20-21H2,1-2H3,(H,42,45)(H,43,46). The second kappa shape index (κ2) is 17.3. The number of unbranched alkanes of at least 4 members (excludes halogenated alkanes) is 6. The summed E-state index contributed by atoms with van der Waals surface area (Å²) in [5, 5.41) is 6.07. The molecule has 2 N–H and O–H groups in total. The number of carbonyl (C=O) groups excluding carboxylic acids is 3. The summed E-state index contributed by atoms with van der Waals surface area (Å²) in [5.41, 5.74) is -0.154. The number of aromatic nitrogens is 1. The third kappa shape index (κ3) is 9.71. The highest BCUT2D eigenvalue weighted by atomic mass is 32.2. The van der Waals surface area contributed by atoms with Crippen LogP contribution in [0, 0.1) is 17.0 Å². The molecule has 1 aromatic heterocycles. The van der Waals surface area contributed by atoms with Crippen LogP contribution < -0.4 is 24.8 Å². The molecule has 50 heavy (non-hydrogen) atoms. The van der Waals surface area contributed by atoms with Crippen LogP contribution in [0.3, 0.4) is 0 Å². The molecule has 1 aliphatic rings. The summed E-state index contributed by atoms with van der Waals surface area (Å²) in [4.78, 5) is 41.4. The van der Waals surface area contributed by atoms with Crippen LogP contribution in [0.15, 0.2) is 66.9 Å². The number of hydrogen-bond donors (Lipinski definition) is 2. The van der Waals surface area contributed by atoms with Gasteiger partial charge in [0.2, 0.25) is 11.8 Å². The number of carbonyl (C=O) groups is 3. The maximum Gasteiger partial charge on any atom is 0.240 e. The van der Waals surface area contributed by atoms with Gasteiger partial charge in [-0.3, -0.25) is 19.4 Å². The summed E-state index contributed by atoms with van der Waals surface area (Å²) < 4.78 is 46.1. The molecule has 1 fully saturated rings. The fourth-order valence-electron chi connectivity index (χ4n) is 5.47. The summed E-state index contributed by atoms with van der Waals surface area (Å²) in [6, 6.07) is 14.4. The number of rotatable bonds is 18. The molecule has 4 aromatic rings. The number of fused-ring (bicyclic) bond motifs is 1. The minimum absolute atomic E-state index is 0.0695. The smallest absolute Gasteiger partial charge is 0.240 e. The Bertz CT molecular complexity index is 1820. The van der Waals surface area contributed by atoms with E-state index in [1.54, 1.807) is 38.4 Å². The highest BCUT2D eigenvalue weighted by Gasteiger charge is 2.56. The van der Waals surface area contributed by atoms with Gasteiger partial charge in [0.05, 0.1) is 19.2 Å². The zero-order chi connectivity index (χ0) is 35.5. The van der Waals surface area contributed by atoms with Gasteiger partial charge < -0.3 is 24.8 Å². The number of ether oxygens (including phenoxy) is 3. The van der Waals surface area contributed by atoms with Crippen molar-refractivity contribution in [2.75, 3.05) is 30.1 Å². The summed E-state index contributed by atoms with van der Waals surface area (Å²) in [7, 11) is 1.55. The molecule has 0 saturated heterocycles. The molecule has 0 spiro atoms. The molecule has 1 heterocycles. The van der Waals surface area contributed by atoms with Crippen molar-refractivity contribution >= 4 is 51.0 Å². The van der Waals surface area contributed by atoms with Crippen LogP contribution in [0.1, 0.15) is 64.7 Å². The lowest BCUT2D eigenvalue weighted by atomic mass is 10.0. The van der Waals surface area contributed by atoms with Gasteiger partial charge in [-0.25, -0.2) is 8.78 Å². The first-order valence-corrected chi connectivity index (χ1v) is 17.8. The first-order chi connectivity index (χ1) is 24.2. The van der Waals surface area contributed by atoms with E-state index < -0.39 is 28.9 Å². The van der Waals surface area contributed by atoms with Crippen LogP contribution in [-0.2, 0) is 14.4 Å². The molecule has 9 nitrogen and oxygen atoms in total. The minimum Gasteiger partial charge on any atom is -0.493 e. The fraction of sp³-hybridized carbons (Fsp3) is 0.368. The zero-order valence-electron chi connectivity index (χ0n) is 28.2. The molecule has 0 aliphatic heterocycles. The van der Waals surface area contributed by atoms with Crippen LogP contribution in [0.2, 0.25) is 0 Å². The van der Waals surface area contributed by atoms with Gasteiger partial charge in [-0.15, -0.1) is 0 Å². The summed E-state index contributed by atoms with van der Waals surface area (Å²) in [6.45, 7) is 2.13. The van der Waals surface area contributed by atoms with Crippen molar-refractivity contribution in [2.45, 2.75) is 64.7 Å². The lowest BCUT2D eigenvalue weighted by molar-refractivity contribution is -0.131. The van der Waals surface area contributed by atoms with E-state index in [0.717, 1.165) is 50.3 Å². The summed E-state index contributed by atoms with van der Waals surface area (Å²) in [6.07, 6.45) is 9.86. The number of pyridine rings is 1. The molecule has 5 rings (SSSR count). The van der Waals surface area contributed by atoms with Crippen LogP contribution in [0.4, 0.5) is 20.2 Å². The normalized spacial score (nSPS) is 13.0. The molecule has 0 atom stereocenters. The van der Waals surface area contributed by atoms with E-state index in [1.165, 1.54) is 54.6 Å². The van der Waals surface area contributed by atoms with E-state index >= 15 is 4.39 Å². The van der Waals surface area contributed by atoms with Crippen LogP contribution >= 0.6 is 11.8 Å². The Kier molecular flexibility index (Phi) is 12.6. The lowest BCUT2D eigenvalue weighted by Crippen LogP contribution is -2.35. The van der Waals surface area contributed by atoms with Gasteiger partial charge in [-0.2, -0.15) is 0 Å². The molecule has 1 aliphatic carbocycles. The highest BCUT2D eigenvalue weighted by Crippen LogP contribution is 2.47. The number of hydrogen-bond acceptors (Lipinski definition) is 8. The molecule has 2 amide bonds. The first-order valence-electron chi connectivity index (χ1n) is 16.8. The molecule has 264 valence electrons. The van der Waals surface area contributed by atoms with Gasteiger partial charge in [0.25, 0.3) is 0 Å². The van der Waals surface area contributed by atoms with Crippen molar-refractivity contribution in [1.29, 1.82) is 0 Å². The fourth-order valence-corrected chi connectivity index (χ4v) is 6.11. The molecule has 0 bridgehead atoms. The Balaban J connectivity index is 1.14. The number of anilines is 2. The largest absolute Gasteiger partial charge is 0.493 e. The predicted molar refractivity (Wildman–Crippen MR) is 191 cm³/mol. The van der Waals surface area contributed by atoms with E-state index in [9.17, 15) is 18.8 Å². The summed E-state index contributed by atoms with van der Waals surface area (Å²) in [5.74, 6) is 0.0208. The number of nitrogens with one attached hydrogen (secondary N) is 2. The van der Waals surface area contributed by atoms with Crippen molar-refractivity contribution in [2.24, 2.45) is 5.41 Å². The monoisotopic (exact) mass is 705 g/mol. The van der Waals surface area contributed by atoms with E-state index in [4.69, 9.17) is 14.2 Å². The van der Waals surface area contributed by atoms with Gasteiger partial charge in [0.15, 0.2) is 28.2 Å². The zero-order valence-corrected chi connectivity index (χ0v) is 29.0. The SMILES string of the molecule is COc1cc2c(Oc3ccc(NC(=O)C4(C(=O)Nc5ccc(F)cc5)CC4)cc3F)ccnc2cc1OCCCCCCCCCSC(C)=O. The third-order valence-electron chi connectivity index (χ3n) is 8.47. The average molecular weight is 706 g/mol. The van der Waals surface area contributed by atoms with Gasteiger partial charge in [-0.05, 0) is 74.2 Å². The summed E-state index contributed by atoms with van der Waals surface area (Å²) >= 11 is 1.39. The van der Waals surface area contributed by atoms with Gasteiger partial charge in [-0.1, -0.05) is 43.9 Å². The van der Waals surface area contributed by atoms with E-state index in [0.29, 0.717) is 53.3 Å².